The molecule has 0 bridgehead atoms. The maximum absolute atomic E-state index is 6.32. The van der Waals surface area contributed by atoms with Gasteiger partial charge >= 0.3 is 0 Å². The largest absolute Gasteiger partial charge is 0.325 e. The predicted molar refractivity (Wildman–Crippen MR) is 58.6 cm³/mol. The molecule has 1 rings (SSSR count). The van der Waals surface area contributed by atoms with Crippen molar-refractivity contribution < 1.29 is 0 Å². The summed E-state index contributed by atoms with van der Waals surface area (Å²) >= 11 is 0. The fourth-order valence-electron chi connectivity index (χ4n) is 2.71. The van der Waals surface area contributed by atoms with Crippen LogP contribution in [-0.4, -0.2) is 5.54 Å². The highest BCUT2D eigenvalue weighted by Gasteiger charge is 2.30. The fourth-order valence-corrected chi connectivity index (χ4v) is 2.71. The second-order valence-electron chi connectivity index (χ2n) is 5.31. The topological polar surface area (TPSA) is 26.0 Å². The van der Waals surface area contributed by atoms with Crippen molar-refractivity contribution in [2.45, 2.75) is 64.8 Å². The summed E-state index contributed by atoms with van der Waals surface area (Å²) in [6, 6.07) is 0. The Morgan fingerprint density at radius 3 is 2.69 bits per heavy atom. The van der Waals surface area contributed by atoms with E-state index in [2.05, 4.69) is 20.8 Å². The van der Waals surface area contributed by atoms with Crippen LogP contribution in [0.5, 0.6) is 0 Å². The summed E-state index contributed by atoms with van der Waals surface area (Å²) in [7, 11) is 0. The minimum Gasteiger partial charge on any atom is -0.325 e. The van der Waals surface area contributed by atoms with Gasteiger partial charge in [-0.05, 0) is 37.5 Å². The number of nitrogens with two attached hydrogens (primary N) is 1. The van der Waals surface area contributed by atoms with Gasteiger partial charge in [-0.25, -0.2) is 0 Å². The fraction of sp³-hybridized carbons (Fsp3) is 1.00. The first-order chi connectivity index (χ1) is 6.06. The van der Waals surface area contributed by atoms with Crippen LogP contribution in [0.2, 0.25) is 0 Å². The van der Waals surface area contributed by atoms with Gasteiger partial charge in [0.2, 0.25) is 0 Å². The third-order valence-corrected chi connectivity index (χ3v) is 3.49. The molecule has 0 aliphatic heterocycles. The maximum atomic E-state index is 6.32. The van der Waals surface area contributed by atoms with Crippen molar-refractivity contribution in [1.29, 1.82) is 0 Å². The van der Waals surface area contributed by atoms with Crippen molar-refractivity contribution in [3.05, 3.63) is 0 Å². The van der Waals surface area contributed by atoms with Gasteiger partial charge in [-0.2, -0.15) is 0 Å². The Morgan fingerprint density at radius 2 is 2.15 bits per heavy atom. The Morgan fingerprint density at radius 1 is 1.46 bits per heavy atom. The second kappa shape index (κ2) is 4.45. The quantitative estimate of drug-likeness (QED) is 0.713. The molecule has 0 saturated heterocycles. The highest BCUT2D eigenvalue weighted by molar-refractivity contribution is 4.89. The Bertz CT molecular complexity index is 153. The Balaban J connectivity index is 2.42. The van der Waals surface area contributed by atoms with E-state index in [0.29, 0.717) is 0 Å². The first-order valence-corrected chi connectivity index (χ1v) is 5.84. The maximum Gasteiger partial charge on any atom is 0.0154 e. The van der Waals surface area contributed by atoms with Crippen molar-refractivity contribution in [1.82, 2.24) is 0 Å². The lowest BCUT2D eigenvalue weighted by atomic mass is 9.72. The van der Waals surface area contributed by atoms with Crippen LogP contribution >= 0.6 is 0 Å². The van der Waals surface area contributed by atoms with Crippen LogP contribution in [0.4, 0.5) is 0 Å². The average Bonchev–Trinajstić information content (AvgIpc) is 2.03. The monoisotopic (exact) mass is 183 g/mol. The zero-order valence-corrected chi connectivity index (χ0v) is 9.47. The molecule has 2 unspecified atom stereocenters. The van der Waals surface area contributed by atoms with Gasteiger partial charge in [0, 0.05) is 5.54 Å². The van der Waals surface area contributed by atoms with Gasteiger partial charge in [0.05, 0.1) is 0 Å². The van der Waals surface area contributed by atoms with Crippen LogP contribution in [0.1, 0.15) is 59.3 Å². The van der Waals surface area contributed by atoms with Crippen LogP contribution in [0.15, 0.2) is 0 Å². The lowest BCUT2D eigenvalue weighted by Crippen LogP contribution is -2.43. The molecule has 78 valence electrons. The molecule has 0 amide bonds. The van der Waals surface area contributed by atoms with E-state index >= 15 is 0 Å². The van der Waals surface area contributed by atoms with E-state index in [0.717, 1.165) is 18.3 Å². The molecular formula is C12H25N. The Hall–Kier alpha value is -0.0400. The predicted octanol–water partition coefficient (Wildman–Crippen LogP) is 3.33. The molecular weight excluding hydrogens is 158 g/mol. The van der Waals surface area contributed by atoms with E-state index in [-0.39, 0.29) is 5.54 Å². The molecule has 0 aromatic rings. The molecule has 2 atom stereocenters. The van der Waals surface area contributed by atoms with Crippen molar-refractivity contribution in [3.8, 4) is 0 Å². The Kier molecular flexibility index (Phi) is 3.78. The first kappa shape index (κ1) is 11.0. The highest BCUT2D eigenvalue weighted by atomic mass is 14.7. The number of hydrogen-bond acceptors (Lipinski definition) is 1. The van der Waals surface area contributed by atoms with Crippen molar-refractivity contribution >= 4 is 0 Å². The molecule has 1 saturated carbocycles. The second-order valence-corrected chi connectivity index (χ2v) is 5.31. The van der Waals surface area contributed by atoms with Crippen molar-refractivity contribution in [3.63, 3.8) is 0 Å². The summed E-state index contributed by atoms with van der Waals surface area (Å²) in [5, 5.41) is 0. The molecule has 1 aliphatic carbocycles. The van der Waals surface area contributed by atoms with Gasteiger partial charge in [0.25, 0.3) is 0 Å². The van der Waals surface area contributed by atoms with Crippen LogP contribution < -0.4 is 5.73 Å². The zero-order chi connectivity index (χ0) is 9.90. The molecule has 0 heterocycles. The summed E-state index contributed by atoms with van der Waals surface area (Å²) < 4.78 is 0. The third-order valence-electron chi connectivity index (χ3n) is 3.49. The van der Waals surface area contributed by atoms with Crippen LogP contribution in [-0.2, 0) is 0 Å². The molecule has 1 aliphatic rings. The SMILES string of the molecule is CCC1(N)CCCC(CC(C)C)C1. The van der Waals surface area contributed by atoms with E-state index in [1.54, 1.807) is 0 Å². The summed E-state index contributed by atoms with van der Waals surface area (Å²) in [4.78, 5) is 0. The molecule has 13 heavy (non-hydrogen) atoms. The van der Waals surface area contributed by atoms with Crippen LogP contribution in [0.3, 0.4) is 0 Å². The van der Waals surface area contributed by atoms with E-state index in [9.17, 15) is 0 Å². The Labute approximate surface area is 83.1 Å². The zero-order valence-electron chi connectivity index (χ0n) is 9.47. The van der Waals surface area contributed by atoms with E-state index in [1.165, 1.54) is 32.1 Å². The molecule has 0 radical (unpaired) electrons. The molecule has 1 heteroatoms. The van der Waals surface area contributed by atoms with Gasteiger partial charge in [0.1, 0.15) is 0 Å². The van der Waals surface area contributed by atoms with Gasteiger partial charge in [-0.15, -0.1) is 0 Å². The highest BCUT2D eigenvalue weighted by Crippen LogP contribution is 2.35. The summed E-state index contributed by atoms with van der Waals surface area (Å²) in [6.07, 6.45) is 7.80. The van der Waals surface area contributed by atoms with E-state index < -0.39 is 0 Å². The van der Waals surface area contributed by atoms with Gasteiger partial charge in [-0.1, -0.05) is 33.6 Å². The first-order valence-electron chi connectivity index (χ1n) is 5.84. The van der Waals surface area contributed by atoms with E-state index in [1.807, 2.05) is 0 Å². The minimum absolute atomic E-state index is 0.178. The lowest BCUT2D eigenvalue weighted by molar-refractivity contribution is 0.196. The molecule has 0 aromatic heterocycles. The minimum atomic E-state index is 0.178. The molecule has 0 spiro atoms. The van der Waals surface area contributed by atoms with Gasteiger partial charge < -0.3 is 5.73 Å². The summed E-state index contributed by atoms with van der Waals surface area (Å²) in [6.45, 7) is 6.87. The molecule has 1 nitrogen and oxygen atoms in total. The summed E-state index contributed by atoms with van der Waals surface area (Å²) in [5.74, 6) is 1.74. The number of rotatable bonds is 3. The number of hydrogen-bond donors (Lipinski definition) is 1. The molecule has 2 N–H and O–H groups in total. The standard InChI is InChI=1S/C12H25N/c1-4-12(13)7-5-6-11(9-12)8-10(2)3/h10-11H,4-9,13H2,1-3H3. The summed E-state index contributed by atoms with van der Waals surface area (Å²) in [5.41, 5.74) is 6.50. The van der Waals surface area contributed by atoms with Crippen molar-refractivity contribution in [2.24, 2.45) is 17.6 Å². The van der Waals surface area contributed by atoms with Gasteiger partial charge in [0.15, 0.2) is 0 Å². The lowest BCUT2D eigenvalue weighted by Gasteiger charge is -2.38. The normalized spacial score (nSPS) is 35.3. The molecule has 1 fully saturated rings. The van der Waals surface area contributed by atoms with Gasteiger partial charge in [-0.3, -0.25) is 0 Å². The third kappa shape index (κ3) is 3.30. The average molecular weight is 183 g/mol. The molecule has 0 aromatic carbocycles. The van der Waals surface area contributed by atoms with Crippen LogP contribution in [0, 0.1) is 11.8 Å². The smallest absolute Gasteiger partial charge is 0.0154 e. The van der Waals surface area contributed by atoms with Crippen LogP contribution in [0.25, 0.3) is 0 Å². The van der Waals surface area contributed by atoms with Crippen molar-refractivity contribution in [2.75, 3.05) is 0 Å². The van der Waals surface area contributed by atoms with E-state index in [4.69, 9.17) is 5.73 Å².